The van der Waals surface area contributed by atoms with Gasteiger partial charge >= 0.3 is 0 Å². The van der Waals surface area contributed by atoms with Gasteiger partial charge in [0, 0.05) is 26.2 Å². The molecule has 6 nitrogen and oxygen atoms in total. The number of carbonyl (C=O) groups excluding carboxylic acids is 1. The average molecular weight is 230 g/mol. The maximum Gasteiger partial charge on any atom is 0.242 e. The molecule has 4 N–H and O–H groups in total. The van der Waals surface area contributed by atoms with Crippen LogP contribution in [-0.4, -0.2) is 55.1 Å². The molecule has 2 heterocycles. The van der Waals surface area contributed by atoms with E-state index in [2.05, 4.69) is 5.32 Å². The molecule has 1 amide bonds. The van der Waals surface area contributed by atoms with Crippen LogP contribution in [-0.2, 0) is 14.3 Å². The zero-order valence-electron chi connectivity index (χ0n) is 9.20. The van der Waals surface area contributed by atoms with E-state index < -0.39 is 11.1 Å². The van der Waals surface area contributed by atoms with Crippen molar-refractivity contribution in [2.75, 3.05) is 33.0 Å². The second kappa shape index (κ2) is 4.29. The minimum Gasteiger partial charge on any atom is -0.386 e. The van der Waals surface area contributed by atoms with Gasteiger partial charge in [0.05, 0.1) is 13.2 Å². The monoisotopic (exact) mass is 230 g/mol. The van der Waals surface area contributed by atoms with Crippen LogP contribution in [0.15, 0.2) is 0 Å². The van der Waals surface area contributed by atoms with Crippen LogP contribution in [0.4, 0.5) is 0 Å². The molecule has 2 atom stereocenters. The third-order valence-corrected chi connectivity index (χ3v) is 3.16. The van der Waals surface area contributed by atoms with E-state index in [1.165, 1.54) is 0 Å². The van der Waals surface area contributed by atoms with Crippen molar-refractivity contribution in [3.63, 3.8) is 0 Å². The Hall–Kier alpha value is -0.690. The fourth-order valence-corrected chi connectivity index (χ4v) is 1.92. The molecular formula is C10H18N2O4. The van der Waals surface area contributed by atoms with Crippen molar-refractivity contribution in [3.05, 3.63) is 0 Å². The molecule has 0 aromatic carbocycles. The lowest BCUT2D eigenvalue weighted by atomic mass is 9.98. The third kappa shape index (κ3) is 2.35. The molecule has 6 heteroatoms. The summed E-state index contributed by atoms with van der Waals surface area (Å²) in [6.07, 6.45) is 1.06. The molecular weight excluding hydrogens is 212 g/mol. The van der Waals surface area contributed by atoms with E-state index in [9.17, 15) is 9.90 Å². The van der Waals surface area contributed by atoms with Crippen molar-refractivity contribution >= 4 is 5.91 Å². The summed E-state index contributed by atoms with van der Waals surface area (Å²) < 4.78 is 10.2. The molecule has 2 rings (SSSR count). The van der Waals surface area contributed by atoms with Crippen molar-refractivity contribution in [2.45, 2.75) is 24.0 Å². The molecule has 2 fully saturated rings. The van der Waals surface area contributed by atoms with Crippen molar-refractivity contribution < 1.29 is 19.4 Å². The topological polar surface area (TPSA) is 93.8 Å². The Labute approximate surface area is 94.1 Å². The van der Waals surface area contributed by atoms with Crippen molar-refractivity contribution in [3.8, 4) is 0 Å². The smallest absolute Gasteiger partial charge is 0.242 e. The highest BCUT2D eigenvalue weighted by Crippen LogP contribution is 2.19. The summed E-state index contributed by atoms with van der Waals surface area (Å²) in [5.41, 5.74) is 4.01. The van der Waals surface area contributed by atoms with E-state index in [0.717, 1.165) is 0 Å². The summed E-state index contributed by atoms with van der Waals surface area (Å²) in [6.45, 7) is 1.74. The molecule has 2 aliphatic rings. The lowest BCUT2D eigenvalue weighted by Gasteiger charge is -2.25. The standard InChI is InChI=1S/C10H18N2O4/c11-10(2-4-16-7-10)8(13)12-5-9(14)1-3-15-6-9/h14H,1-7,11H2,(H,12,13). The van der Waals surface area contributed by atoms with E-state index in [-0.39, 0.29) is 25.7 Å². The molecule has 0 aromatic heterocycles. The number of rotatable bonds is 3. The molecule has 2 aliphatic heterocycles. The Morgan fingerprint density at radius 3 is 2.56 bits per heavy atom. The van der Waals surface area contributed by atoms with Crippen LogP contribution in [0.3, 0.4) is 0 Å². The highest BCUT2D eigenvalue weighted by molar-refractivity contribution is 5.86. The summed E-state index contributed by atoms with van der Waals surface area (Å²) >= 11 is 0. The van der Waals surface area contributed by atoms with Gasteiger partial charge in [-0.3, -0.25) is 4.79 Å². The molecule has 0 aromatic rings. The van der Waals surface area contributed by atoms with Gasteiger partial charge in [-0.25, -0.2) is 0 Å². The van der Waals surface area contributed by atoms with Crippen LogP contribution in [0.2, 0.25) is 0 Å². The Balaban J connectivity index is 1.83. The highest BCUT2D eigenvalue weighted by atomic mass is 16.5. The average Bonchev–Trinajstić information content (AvgIpc) is 2.86. The first kappa shape index (κ1) is 11.8. The summed E-state index contributed by atoms with van der Waals surface area (Å²) in [5, 5.41) is 12.6. The molecule has 0 bridgehead atoms. The number of ether oxygens (including phenoxy) is 2. The SMILES string of the molecule is NC1(C(=O)NCC2(O)CCOC2)CCOC1. The number of carbonyl (C=O) groups is 1. The first-order chi connectivity index (χ1) is 7.54. The largest absolute Gasteiger partial charge is 0.386 e. The lowest BCUT2D eigenvalue weighted by Crippen LogP contribution is -2.57. The van der Waals surface area contributed by atoms with Crippen molar-refractivity contribution in [1.82, 2.24) is 5.32 Å². The van der Waals surface area contributed by atoms with E-state index in [1.807, 2.05) is 0 Å². The molecule has 2 unspecified atom stereocenters. The second-order valence-corrected chi connectivity index (χ2v) is 4.67. The number of aliphatic hydroxyl groups is 1. The fraction of sp³-hybridized carbons (Fsp3) is 0.900. The van der Waals surface area contributed by atoms with Gasteiger partial charge in [-0.1, -0.05) is 0 Å². The van der Waals surface area contributed by atoms with Gasteiger partial charge in [0.1, 0.15) is 11.1 Å². The summed E-state index contributed by atoms with van der Waals surface area (Å²) in [7, 11) is 0. The van der Waals surface area contributed by atoms with Gasteiger partial charge in [-0.2, -0.15) is 0 Å². The van der Waals surface area contributed by atoms with Crippen LogP contribution < -0.4 is 11.1 Å². The van der Waals surface area contributed by atoms with Crippen LogP contribution in [0, 0.1) is 0 Å². The maximum atomic E-state index is 11.8. The Morgan fingerprint density at radius 1 is 1.31 bits per heavy atom. The summed E-state index contributed by atoms with van der Waals surface area (Å²) in [4.78, 5) is 11.8. The molecule has 16 heavy (non-hydrogen) atoms. The van der Waals surface area contributed by atoms with Crippen LogP contribution in [0.25, 0.3) is 0 Å². The first-order valence-corrected chi connectivity index (χ1v) is 5.49. The van der Waals surface area contributed by atoms with Gasteiger partial charge in [-0.05, 0) is 6.42 Å². The Bertz CT molecular complexity index is 270. The predicted octanol–water partition coefficient (Wildman–Crippen LogP) is -1.63. The highest BCUT2D eigenvalue weighted by Gasteiger charge is 2.40. The zero-order valence-corrected chi connectivity index (χ0v) is 9.20. The van der Waals surface area contributed by atoms with Gasteiger partial charge < -0.3 is 25.6 Å². The number of hydrogen-bond acceptors (Lipinski definition) is 5. The van der Waals surface area contributed by atoms with E-state index in [1.54, 1.807) is 0 Å². The predicted molar refractivity (Wildman–Crippen MR) is 55.7 cm³/mol. The van der Waals surface area contributed by atoms with Crippen LogP contribution in [0.1, 0.15) is 12.8 Å². The first-order valence-electron chi connectivity index (χ1n) is 5.49. The molecule has 0 spiro atoms. The quantitative estimate of drug-likeness (QED) is 0.541. The Morgan fingerprint density at radius 2 is 2.00 bits per heavy atom. The number of hydrogen-bond donors (Lipinski definition) is 3. The second-order valence-electron chi connectivity index (χ2n) is 4.67. The van der Waals surface area contributed by atoms with Crippen LogP contribution in [0.5, 0.6) is 0 Å². The maximum absolute atomic E-state index is 11.8. The zero-order chi connectivity index (χ0) is 11.6. The van der Waals surface area contributed by atoms with Gasteiger partial charge in [0.15, 0.2) is 0 Å². The van der Waals surface area contributed by atoms with Crippen LogP contribution >= 0.6 is 0 Å². The van der Waals surface area contributed by atoms with Gasteiger partial charge in [0.2, 0.25) is 5.91 Å². The minimum atomic E-state index is -0.939. The number of amides is 1. The minimum absolute atomic E-state index is 0.185. The fourth-order valence-electron chi connectivity index (χ4n) is 1.92. The Kier molecular flexibility index (Phi) is 3.16. The van der Waals surface area contributed by atoms with Crippen molar-refractivity contribution in [2.24, 2.45) is 5.73 Å². The van der Waals surface area contributed by atoms with Gasteiger partial charge in [-0.15, -0.1) is 0 Å². The molecule has 0 radical (unpaired) electrons. The molecule has 0 saturated carbocycles. The van der Waals surface area contributed by atoms with Crippen molar-refractivity contribution in [1.29, 1.82) is 0 Å². The summed E-state index contributed by atoms with van der Waals surface area (Å²) in [6, 6.07) is 0. The molecule has 92 valence electrons. The number of nitrogens with two attached hydrogens (primary N) is 1. The van der Waals surface area contributed by atoms with E-state index in [0.29, 0.717) is 26.1 Å². The van der Waals surface area contributed by atoms with E-state index in [4.69, 9.17) is 15.2 Å². The summed E-state index contributed by atoms with van der Waals surface area (Å²) in [5.74, 6) is -0.259. The van der Waals surface area contributed by atoms with Gasteiger partial charge in [0.25, 0.3) is 0 Å². The third-order valence-electron chi connectivity index (χ3n) is 3.16. The molecule has 0 aliphatic carbocycles. The molecule has 2 saturated heterocycles. The van der Waals surface area contributed by atoms with E-state index >= 15 is 0 Å². The number of nitrogens with one attached hydrogen (secondary N) is 1. The normalized spacial score (nSPS) is 38.9. The lowest BCUT2D eigenvalue weighted by molar-refractivity contribution is -0.127.